The Morgan fingerprint density at radius 3 is 2.67 bits per heavy atom. The lowest BCUT2D eigenvalue weighted by Crippen LogP contribution is -2.25. The second-order valence-corrected chi connectivity index (χ2v) is 11.7. The van der Waals surface area contributed by atoms with Crippen LogP contribution in [0.4, 0.5) is 11.6 Å². The van der Waals surface area contributed by atoms with Crippen LogP contribution >= 0.6 is 0 Å². The molecule has 0 atom stereocenters. The summed E-state index contributed by atoms with van der Waals surface area (Å²) in [4.78, 5) is 30.5. The highest BCUT2D eigenvalue weighted by Gasteiger charge is 2.24. The van der Waals surface area contributed by atoms with Crippen molar-refractivity contribution >= 4 is 34.0 Å². The molecule has 1 saturated carbocycles. The van der Waals surface area contributed by atoms with Gasteiger partial charge in [0, 0.05) is 30.4 Å². The molecule has 6 rings (SSSR count). The predicted molar refractivity (Wildman–Crippen MR) is 159 cm³/mol. The van der Waals surface area contributed by atoms with Gasteiger partial charge in [-0.3, -0.25) is 0 Å². The number of nitrogens with one attached hydrogen (secondary N) is 1. The highest BCUT2D eigenvalue weighted by Crippen LogP contribution is 2.39. The molecule has 1 aliphatic rings. The van der Waals surface area contributed by atoms with E-state index in [4.69, 9.17) is 15.2 Å². The second-order valence-electron chi connectivity index (χ2n) is 11.7. The second kappa shape index (κ2) is 10.6. The molecule has 11 nitrogen and oxygen atoms in total. The molecule has 0 radical (unpaired) electrons. The first-order valence-corrected chi connectivity index (χ1v) is 14.0. The lowest BCUT2D eigenvalue weighted by Gasteiger charge is -2.19. The SMILES string of the molecule is Cc1cc2c(N)nccc2c(C)c1CNc1cc(OCc2nc3ccc(C4CC4)cn3n2)nc(C(=O)OC(C)(C)C)n1. The highest BCUT2D eigenvalue weighted by molar-refractivity contribution is 5.94. The summed E-state index contributed by atoms with van der Waals surface area (Å²) in [7, 11) is 0. The summed E-state index contributed by atoms with van der Waals surface area (Å²) in [6.45, 7) is 10.00. The maximum Gasteiger partial charge on any atom is 0.377 e. The van der Waals surface area contributed by atoms with Crippen molar-refractivity contribution in [2.45, 2.75) is 72.1 Å². The molecule has 0 amide bonds. The Hall–Kier alpha value is -4.80. The third kappa shape index (κ3) is 5.81. The molecule has 4 aromatic heterocycles. The Kier molecular flexibility index (Phi) is 6.88. The molecule has 1 aromatic carbocycles. The molecule has 0 bridgehead atoms. The van der Waals surface area contributed by atoms with Gasteiger partial charge in [0.15, 0.2) is 18.1 Å². The molecule has 3 N–H and O–H groups in total. The lowest BCUT2D eigenvalue weighted by molar-refractivity contribution is 0.00544. The van der Waals surface area contributed by atoms with Gasteiger partial charge < -0.3 is 20.5 Å². The van der Waals surface area contributed by atoms with E-state index in [-0.39, 0.29) is 18.3 Å². The summed E-state index contributed by atoms with van der Waals surface area (Å²) in [5.74, 6) is 1.51. The van der Waals surface area contributed by atoms with E-state index in [0.717, 1.165) is 33.1 Å². The monoisotopic (exact) mass is 566 g/mol. The topological polar surface area (TPSA) is 142 Å². The number of carbonyl (C=O) groups excluding carboxylic acids is 1. The fourth-order valence-electron chi connectivity index (χ4n) is 4.99. The number of aryl methyl sites for hydroxylation is 2. The quantitative estimate of drug-likeness (QED) is 0.238. The largest absolute Gasteiger partial charge is 0.469 e. The molecule has 1 fully saturated rings. The minimum Gasteiger partial charge on any atom is -0.469 e. The number of ether oxygens (including phenoxy) is 2. The van der Waals surface area contributed by atoms with Gasteiger partial charge in [-0.1, -0.05) is 6.07 Å². The smallest absolute Gasteiger partial charge is 0.377 e. The summed E-state index contributed by atoms with van der Waals surface area (Å²) in [6.07, 6.45) is 6.17. The summed E-state index contributed by atoms with van der Waals surface area (Å²) in [5, 5.41) is 9.87. The molecule has 0 unspecified atom stereocenters. The average molecular weight is 567 g/mol. The van der Waals surface area contributed by atoms with Crippen LogP contribution in [0.5, 0.6) is 5.88 Å². The minimum absolute atomic E-state index is 0.0724. The Morgan fingerprint density at radius 2 is 1.90 bits per heavy atom. The first kappa shape index (κ1) is 27.4. The van der Waals surface area contributed by atoms with Crippen LogP contribution in [0.3, 0.4) is 0 Å². The van der Waals surface area contributed by atoms with Crippen molar-refractivity contribution in [3.63, 3.8) is 0 Å². The maximum absolute atomic E-state index is 12.9. The van der Waals surface area contributed by atoms with Gasteiger partial charge in [-0.2, -0.15) is 4.98 Å². The van der Waals surface area contributed by atoms with Gasteiger partial charge in [-0.15, -0.1) is 5.10 Å². The third-order valence-electron chi connectivity index (χ3n) is 7.24. The molecule has 216 valence electrons. The first-order chi connectivity index (χ1) is 20.0. The molecule has 42 heavy (non-hydrogen) atoms. The van der Waals surface area contributed by atoms with Gasteiger partial charge >= 0.3 is 5.97 Å². The van der Waals surface area contributed by atoms with Gasteiger partial charge in [-0.05, 0) is 99.2 Å². The van der Waals surface area contributed by atoms with Gasteiger partial charge in [0.2, 0.25) is 11.7 Å². The van der Waals surface area contributed by atoms with E-state index in [1.807, 2.05) is 31.3 Å². The molecule has 4 heterocycles. The van der Waals surface area contributed by atoms with Crippen LogP contribution in [0.25, 0.3) is 16.4 Å². The Bertz CT molecular complexity index is 1820. The van der Waals surface area contributed by atoms with Gasteiger partial charge in [0.1, 0.15) is 17.2 Å². The first-order valence-electron chi connectivity index (χ1n) is 14.0. The number of pyridine rings is 2. The van der Waals surface area contributed by atoms with Gasteiger partial charge in [-0.25, -0.2) is 24.3 Å². The van der Waals surface area contributed by atoms with Crippen LogP contribution < -0.4 is 15.8 Å². The molecule has 11 heteroatoms. The van der Waals surface area contributed by atoms with Crippen LogP contribution in [-0.2, 0) is 17.9 Å². The number of anilines is 2. The van der Waals surface area contributed by atoms with Crippen molar-refractivity contribution in [3.8, 4) is 5.88 Å². The van der Waals surface area contributed by atoms with Crippen molar-refractivity contribution in [1.82, 2.24) is 29.5 Å². The third-order valence-corrected chi connectivity index (χ3v) is 7.24. The predicted octanol–water partition coefficient (Wildman–Crippen LogP) is 5.29. The molecule has 5 aromatic rings. The van der Waals surface area contributed by atoms with Gasteiger partial charge in [0.05, 0.1) is 0 Å². The van der Waals surface area contributed by atoms with Crippen LogP contribution in [0.15, 0.2) is 42.7 Å². The molecular weight excluding hydrogens is 532 g/mol. The van der Waals surface area contributed by atoms with E-state index in [2.05, 4.69) is 43.3 Å². The Balaban J connectivity index is 1.25. The number of hydrogen-bond acceptors (Lipinski definition) is 10. The number of nitrogens with two attached hydrogens (primary N) is 1. The van der Waals surface area contributed by atoms with Crippen LogP contribution in [0, 0.1) is 13.8 Å². The zero-order valence-corrected chi connectivity index (χ0v) is 24.4. The van der Waals surface area contributed by atoms with E-state index in [1.54, 1.807) is 37.5 Å². The van der Waals surface area contributed by atoms with Crippen molar-refractivity contribution in [2.24, 2.45) is 0 Å². The molecule has 0 aliphatic heterocycles. The normalized spacial score (nSPS) is 13.5. The van der Waals surface area contributed by atoms with Crippen molar-refractivity contribution < 1.29 is 14.3 Å². The number of rotatable bonds is 8. The molecule has 0 saturated heterocycles. The fraction of sp³-hybridized carbons (Fsp3) is 0.355. The van der Waals surface area contributed by atoms with E-state index in [9.17, 15) is 4.79 Å². The Labute approximate surface area is 243 Å². The van der Waals surface area contributed by atoms with Gasteiger partial charge in [0.25, 0.3) is 0 Å². The van der Waals surface area contributed by atoms with Crippen molar-refractivity contribution in [2.75, 3.05) is 11.1 Å². The van der Waals surface area contributed by atoms with Crippen LogP contribution in [0.2, 0.25) is 0 Å². The summed E-state index contributed by atoms with van der Waals surface area (Å²) in [5.41, 5.74) is 10.7. The van der Waals surface area contributed by atoms with E-state index in [1.165, 1.54) is 18.4 Å². The number of carbonyl (C=O) groups is 1. The standard InChI is InChI=1S/C31H34N8O3/c1-17-12-22-21(10-11-33-28(22)32)18(2)23(17)14-34-24-13-27(37-29(36-24)30(40)42-31(3,4)5)41-16-25-35-26-9-8-20(19-6-7-19)15-39(26)38-25/h8-13,15,19H,6-7,14,16H2,1-5H3,(H2,32,33)(H,34,36,37). The van der Waals surface area contributed by atoms with Crippen molar-refractivity contribution in [3.05, 3.63) is 76.6 Å². The maximum atomic E-state index is 12.9. The molecule has 1 aliphatic carbocycles. The summed E-state index contributed by atoms with van der Waals surface area (Å²) < 4.78 is 13.3. The fourth-order valence-corrected chi connectivity index (χ4v) is 4.99. The number of nitrogen functional groups attached to an aromatic ring is 1. The number of hydrogen-bond donors (Lipinski definition) is 2. The van der Waals surface area contributed by atoms with Crippen LogP contribution in [-0.4, -0.2) is 41.1 Å². The van der Waals surface area contributed by atoms with Crippen molar-refractivity contribution in [1.29, 1.82) is 0 Å². The Morgan fingerprint density at radius 1 is 1.10 bits per heavy atom. The zero-order valence-electron chi connectivity index (χ0n) is 24.4. The van der Waals surface area contributed by atoms with E-state index in [0.29, 0.717) is 29.9 Å². The molecular formula is C31H34N8O3. The number of aromatic nitrogens is 6. The number of esters is 1. The summed E-state index contributed by atoms with van der Waals surface area (Å²) in [6, 6.07) is 9.73. The lowest BCUT2D eigenvalue weighted by atomic mass is 9.96. The minimum atomic E-state index is -0.708. The number of fused-ring (bicyclic) bond motifs is 2. The van der Waals surface area contributed by atoms with E-state index >= 15 is 0 Å². The zero-order chi connectivity index (χ0) is 29.6. The van der Waals surface area contributed by atoms with Crippen LogP contribution in [0.1, 0.15) is 78.2 Å². The number of nitrogens with zero attached hydrogens (tertiary/aromatic N) is 6. The number of benzene rings is 1. The highest BCUT2D eigenvalue weighted by atomic mass is 16.6. The molecule has 0 spiro atoms. The summed E-state index contributed by atoms with van der Waals surface area (Å²) >= 11 is 0. The van der Waals surface area contributed by atoms with E-state index < -0.39 is 11.6 Å². The average Bonchev–Trinajstić information content (AvgIpc) is 3.70.